The molecule has 1 heteroatoms. The summed E-state index contributed by atoms with van der Waals surface area (Å²) >= 11 is 0. The molecular weight excluding hydrogens is 230 g/mol. The Bertz CT molecular complexity index is 396. The van der Waals surface area contributed by atoms with Crippen LogP contribution in [0.5, 0.6) is 0 Å². The van der Waals surface area contributed by atoms with Gasteiger partial charge in [-0.3, -0.25) is 0 Å². The van der Waals surface area contributed by atoms with Crippen molar-refractivity contribution in [2.24, 2.45) is 5.41 Å². The maximum Gasteiger partial charge on any atom is 0.00684 e. The van der Waals surface area contributed by atoms with Crippen LogP contribution in [0.2, 0.25) is 0 Å². The molecule has 2 aliphatic rings. The zero-order chi connectivity index (χ0) is 13.1. The first-order chi connectivity index (χ1) is 9.30. The van der Waals surface area contributed by atoms with Crippen LogP contribution in [0.25, 0.3) is 0 Å². The van der Waals surface area contributed by atoms with E-state index >= 15 is 0 Å². The van der Waals surface area contributed by atoms with Crippen molar-refractivity contribution in [3.8, 4) is 0 Å². The maximum atomic E-state index is 3.78. The number of rotatable bonds is 6. The highest BCUT2D eigenvalue weighted by Gasteiger charge is 2.35. The minimum atomic E-state index is 0.552. The summed E-state index contributed by atoms with van der Waals surface area (Å²) in [6.07, 6.45) is 10.9. The maximum absolute atomic E-state index is 3.78. The van der Waals surface area contributed by atoms with Crippen LogP contribution in [0.4, 0.5) is 0 Å². The van der Waals surface area contributed by atoms with Gasteiger partial charge in [-0.15, -0.1) is 0 Å². The molecule has 0 atom stereocenters. The van der Waals surface area contributed by atoms with Crippen LogP contribution in [0.15, 0.2) is 24.3 Å². The van der Waals surface area contributed by atoms with Gasteiger partial charge in [0.1, 0.15) is 0 Å². The van der Waals surface area contributed by atoms with Crippen LogP contribution in [-0.2, 0) is 12.8 Å². The average molecular weight is 257 g/mol. The van der Waals surface area contributed by atoms with Crippen molar-refractivity contribution in [2.45, 2.75) is 64.3 Å². The summed E-state index contributed by atoms with van der Waals surface area (Å²) < 4.78 is 0. The number of benzene rings is 1. The first-order valence-electron chi connectivity index (χ1n) is 8.11. The molecule has 0 unspecified atom stereocenters. The van der Waals surface area contributed by atoms with E-state index in [0.717, 1.165) is 12.5 Å². The third kappa shape index (κ3) is 3.39. The molecule has 0 heterocycles. The monoisotopic (exact) mass is 257 g/mol. The van der Waals surface area contributed by atoms with Gasteiger partial charge < -0.3 is 5.32 Å². The summed E-state index contributed by atoms with van der Waals surface area (Å²) in [5, 5.41) is 3.78. The summed E-state index contributed by atoms with van der Waals surface area (Å²) in [6.45, 7) is 3.47. The second-order valence-electron chi connectivity index (χ2n) is 6.71. The molecule has 1 nitrogen and oxygen atoms in total. The van der Waals surface area contributed by atoms with E-state index in [2.05, 4.69) is 36.5 Å². The standard InChI is InChI=1S/C18H27N/c1-2-15-5-7-16(8-6-15)13-18(11-3-4-12-18)14-19-17-9-10-17/h5-8,17,19H,2-4,9-14H2,1H3. The fourth-order valence-electron chi connectivity index (χ4n) is 3.52. The molecule has 2 fully saturated rings. The van der Waals surface area contributed by atoms with Gasteiger partial charge in [0.05, 0.1) is 0 Å². The van der Waals surface area contributed by atoms with Gasteiger partial charge >= 0.3 is 0 Å². The normalized spacial score (nSPS) is 21.7. The molecule has 0 bridgehead atoms. The fraction of sp³-hybridized carbons (Fsp3) is 0.667. The molecule has 19 heavy (non-hydrogen) atoms. The van der Waals surface area contributed by atoms with Crippen LogP contribution < -0.4 is 5.32 Å². The van der Waals surface area contributed by atoms with Crippen molar-refractivity contribution in [1.82, 2.24) is 5.32 Å². The fourth-order valence-corrected chi connectivity index (χ4v) is 3.52. The highest BCUT2D eigenvalue weighted by Crippen LogP contribution is 2.41. The van der Waals surface area contributed by atoms with Crippen molar-refractivity contribution >= 4 is 0 Å². The SMILES string of the molecule is CCc1ccc(CC2(CNC3CC3)CCCC2)cc1. The predicted molar refractivity (Wildman–Crippen MR) is 81.4 cm³/mol. The van der Waals surface area contributed by atoms with Gasteiger partial charge in [-0.25, -0.2) is 0 Å². The van der Waals surface area contributed by atoms with Gasteiger partial charge in [0.2, 0.25) is 0 Å². The largest absolute Gasteiger partial charge is 0.313 e. The van der Waals surface area contributed by atoms with E-state index in [0.29, 0.717) is 5.41 Å². The Morgan fingerprint density at radius 3 is 2.26 bits per heavy atom. The van der Waals surface area contributed by atoms with Gasteiger partial charge in [-0.1, -0.05) is 44.0 Å². The molecule has 1 N–H and O–H groups in total. The molecular formula is C18H27N. The molecule has 2 aliphatic carbocycles. The van der Waals surface area contributed by atoms with E-state index in [1.807, 2.05) is 0 Å². The minimum Gasteiger partial charge on any atom is -0.313 e. The first kappa shape index (κ1) is 13.2. The highest BCUT2D eigenvalue weighted by atomic mass is 15.0. The van der Waals surface area contributed by atoms with Crippen molar-refractivity contribution in [2.75, 3.05) is 6.54 Å². The van der Waals surface area contributed by atoms with Gasteiger partial charge in [-0.05, 0) is 55.1 Å². The van der Waals surface area contributed by atoms with Gasteiger partial charge in [0, 0.05) is 12.6 Å². The molecule has 2 saturated carbocycles. The Hall–Kier alpha value is -0.820. The van der Waals surface area contributed by atoms with E-state index < -0.39 is 0 Å². The second-order valence-corrected chi connectivity index (χ2v) is 6.71. The summed E-state index contributed by atoms with van der Waals surface area (Å²) in [6, 6.07) is 10.2. The summed E-state index contributed by atoms with van der Waals surface area (Å²) in [5.41, 5.74) is 3.55. The van der Waals surface area contributed by atoms with E-state index in [4.69, 9.17) is 0 Å². The minimum absolute atomic E-state index is 0.552. The van der Waals surface area contributed by atoms with E-state index in [1.165, 1.54) is 62.6 Å². The van der Waals surface area contributed by atoms with Gasteiger partial charge in [-0.2, -0.15) is 0 Å². The summed E-state index contributed by atoms with van der Waals surface area (Å²) in [4.78, 5) is 0. The summed E-state index contributed by atoms with van der Waals surface area (Å²) in [7, 11) is 0. The predicted octanol–water partition coefficient (Wildman–Crippen LogP) is 4.10. The third-order valence-electron chi connectivity index (χ3n) is 5.02. The Kier molecular flexibility index (Phi) is 3.93. The number of hydrogen-bond donors (Lipinski definition) is 1. The van der Waals surface area contributed by atoms with Crippen molar-refractivity contribution in [1.29, 1.82) is 0 Å². The lowest BCUT2D eigenvalue weighted by Gasteiger charge is -2.30. The Balaban J connectivity index is 1.65. The lowest BCUT2D eigenvalue weighted by atomic mass is 9.79. The lowest BCUT2D eigenvalue weighted by Crippen LogP contribution is -2.35. The van der Waals surface area contributed by atoms with Crippen LogP contribution in [-0.4, -0.2) is 12.6 Å². The third-order valence-corrected chi connectivity index (χ3v) is 5.02. The van der Waals surface area contributed by atoms with Crippen molar-refractivity contribution in [3.63, 3.8) is 0 Å². The van der Waals surface area contributed by atoms with Gasteiger partial charge in [0.25, 0.3) is 0 Å². The topological polar surface area (TPSA) is 12.0 Å². The van der Waals surface area contributed by atoms with E-state index in [9.17, 15) is 0 Å². The lowest BCUT2D eigenvalue weighted by molar-refractivity contribution is 0.276. The molecule has 0 aromatic heterocycles. The Morgan fingerprint density at radius 1 is 1.05 bits per heavy atom. The molecule has 0 amide bonds. The number of nitrogens with one attached hydrogen (secondary N) is 1. The molecule has 0 saturated heterocycles. The average Bonchev–Trinajstić information content (AvgIpc) is 3.17. The van der Waals surface area contributed by atoms with Crippen LogP contribution in [0.1, 0.15) is 56.6 Å². The number of aryl methyl sites for hydroxylation is 1. The molecule has 3 rings (SSSR count). The van der Waals surface area contributed by atoms with E-state index in [-0.39, 0.29) is 0 Å². The molecule has 1 aromatic carbocycles. The molecule has 0 aliphatic heterocycles. The quantitative estimate of drug-likeness (QED) is 0.809. The van der Waals surface area contributed by atoms with Crippen LogP contribution in [0, 0.1) is 5.41 Å². The van der Waals surface area contributed by atoms with Crippen LogP contribution >= 0.6 is 0 Å². The highest BCUT2D eigenvalue weighted by molar-refractivity contribution is 5.24. The number of hydrogen-bond acceptors (Lipinski definition) is 1. The Labute approximate surface area is 117 Å². The Morgan fingerprint density at radius 2 is 1.68 bits per heavy atom. The van der Waals surface area contributed by atoms with Crippen molar-refractivity contribution < 1.29 is 0 Å². The van der Waals surface area contributed by atoms with Gasteiger partial charge in [0.15, 0.2) is 0 Å². The first-order valence-corrected chi connectivity index (χ1v) is 8.11. The smallest absolute Gasteiger partial charge is 0.00684 e. The second kappa shape index (κ2) is 5.66. The zero-order valence-electron chi connectivity index (χ0n) is 12.3. The molecule has 0 spiro atoms. The van der Waals surface area contributed by atoms with Crippen LogP contribution in [0.3, 0.4) is 0 Å². The van der Waals surface area contributed by atoms with E-state index in [1.54, 1.807) is 0 Å². The molecule has 0 radical (unpaired) electrons. The van der Waals surface area contributed by atoms with Crippen molar-refractivity contribution in [3.05, 3.63) is 35.4 Å². The molecule has 1 aromatic rings. The zero-order valence-corrected chi connectivity index (χ0v) is 12.3. The summed E-state index contributed by atoms with van der Waals surface area (Å²) in [5.74, 6) is 0. The molecule has 104 valence electrons.